The molecule has 0 aromatic carbocycles. The number of H-pyrrole nitrogens is 1. The van der Waals surface area contributed by atoms with Crippen molar-refractivity contribution in [2.45, 2.75) is 0 Å². The zero-order chi connectivity index (χ0) is 9.14. The molecule has 0 aliphatic carbocycles. The van der Waals surface area contributed by atoms with E-state index in [9.17, 15) is 10.1 Å². The first-order valence-corrected chi connectivity index (χ1v) is 3.22. The van der Waals surface area contributed by atoms with Crippen molar-refractivity contribution in [3.63, 3.8) is 0 Å². The Morgan fingerprint density at radius 3 is 3.08 bits per heavy atom. The van der Waals surface area contributed by atoms with E-state index in [1.54, 1.807) is 0 Å². The molecule has 0 saturated heterocycles. The second-order valence-corrected chi connectivity index (χ2v) is 2.20. The van der Waals surface area contributed by atoms with E-state index in [0.29, 0.717) is 11.1 Å². The summed E-state index contributed by atoms with van der Waals surface area (Å²) in [6, 6.07) is 0. The summed E-state index contributed by atoms with van der Waals surface area (Å²) >= 11 is 0. The van der Waals surface area contributed by atoms with E-state index in [4.69, 9.17) is 5.73 Å². The zero-order valence-electron chi connectivity index (χ0n) is 6.28. The number of rotatable bonds is 3. The van der Waals surface area contributed by atoms with Crippen LogP contribution in [0.2, 0.25) is 0 Å². The molecule has 1 aromatic rings. The smallest absolute Gasteiger partial charge is 0.350 e. The maximum absolute atomic E-state index is 10.4. The van der Waals surface area contributed by atoms with Crippen molar-refractivity contribution in [2.75, 3.05) is 6.54 Å². The number of nitrogens with two attached hydrogens (primary N) is 1. The fourth-order valence-corrected chi connectivity index (χ4v) is 0.787. The summed E-state index contributed by atoms with van der Waals surface area (Å²) in [4.78, 5) is 9.80. The lowest BCUT2D eigenvalue weighted by Gasteiger charge is -1.97. The third kappa shape index (κ3) is 1.32. The predicted octanol–water partition coefficient (Wildman–Crippen LogP) is 0.290. The molecule has 0 amide bonds. The van der Waals surface area contributed by atoms with Crippen LogP contribution in [0.15, 0.2) is 12.8 Å². The van der Waals surface area contributed by atoms with Gasteiger partial charge in [-0.1, -0.05) is 11.7 Å². The second kappa shape index (κ2) is 3.14. The van der Waals surface area contributed by atoms with Gasteiger partial charge in [0.05, 0.1) is 11.8 Å². The molecule has 0 fully saturated rings. The fraction of sp³-hybridized carbons (Fsp3) is 0.167. The van der Waals surface area contributed by atoms with Gasteiger partial charge in [0.15, 0.2) is 0 Å². The lowest BCUT2D eigenvalue weighted by Crippen LogP contribution is -2.02. The summed E-state index contributed by atoms with van der Waals surface area (Å²) in [5.41, 5.74) is 6.13. The van der Waals surface area contributed by atoms with Crippen molar-refractivity contribution in [3.05, 3.63) is 28.5 Å². The minimum atomic E-state index is -0.552. The Morgan fingerprint density at radius 1 is 1.92 bits per heavy atom. The molecule has 0 radical (unpaired) electrons. The normalized spacial score (nSPS) is 9.75. The summed E-state index contributed by atoms with van der Waals surface area (Å²) in [6.07, 6.45) is 1.34. The molecule has 1 heterocycles. The standard InChI is InChI=1S/C6H8N4O2/c1-4(2-7)5-3-8-9-6(5)10(11)12/h3H,1-2,7H2,(H,8,9). The number of aromatic nitrogens is 2. The van der Waals surface area contributed by atoms with Gasteiger partial charge in [-0.05, 0) is 10.5 Å². The van der Waals surface area contributed by atoms with Gasteiger partial charge in [0, 0.05) is 6.54 Å². The van der Waals surface area contributed by atoms with Crippen molar-refractivity contribution >= 4 is 11.4 Å². The van der Waals surface area contributed by atoms with Crippen LogP contribution >= 0.6 is 0 Å². The van der Waals surface area contributed by atoms with Crippen LogP contribution in [-0.4, -0.2) is 21.7 Å². The number of hydrogen-bond acceptors (Lipinski definition) is 4. The molecule has 6 heteroatoms. The predicted molar refractivity (Wildman–Crippen MR) is 43.3 cm³/mol. The van der Waals surface area contributed by atoms with Crippen LogP contribution < -0.4 is 5.73 Å². The van der Waals surface area contributed by atoms with Gasteiger partial charge in [-0.3, -0.25) is 0 Å². The number of nitrogens with one attached hydrogen (secondary N) is 1. The van der Waals surface area contributed by atoms with Gasteiger partial charge in [-0.2, -0.15) is 0 Å². The Labute approximate surface area is 68.2 Å². The summed E-state index contributed by atoms with van der Waals surface area (Å²) in [5.74, 6) is -0.162. The largest absolute Gasteiger partial charge is 0.358 e. The van der Waals surface area contributed by atoms with Gasteiger partial charge < -0.3 is 15.8 Å². The molecule has 1 rings (SSSR count). The molecule has 0 unspecified atom stereocenters. The Balaban J connectivity index is 3.07. The minimum absolute atomic E-state index is 0.162. The van der Waals surface area contributed by atoms with Gasteiger partial charge in [0.1, 0.15) is 0 Å². The number of hydrogen-bond donors (Lipinski definition) is 2. The van der Waals surface area contributed by atoms with Crippen molar-refractivity contribution in [1.29, 1.82) is 0 Å². The maximum Gasteiger partial charge on any atom is 0.350 e. The van der Waals surface area contributed by atoms with Crippen LogP contribution in [0, 0.1) is 10.1 Å². The topological polar surface area (TPSA) is 97.8 Å². The summed E-state index contributed by atoms with van der Waals surface area (Å²) in [5, 5.41) is 16.1. The van der Waals surface area contributed by atoms with E-state index in [-0.39, 0.29) is 12.4 Å². The molecular weight excluding hydrogens is 160 g/mol. The second-order valence-electron chi connectivity index (χ2n) is 2.20. The third-order valence-corrected chi connectivity index (χ3v) is 1.43. The summed E-state index contributed by atoms with van der Waals surface area (Å²) < 4.78 is 0. The molecule has 6 nitrogen and oxygen atoms in total. The van der Waals surface area contributed by atoms with Crippen LogP contribution in [0.5, 0.6) is 0 Å². The number of nitrogens with zero attached hydrogens (tertiary/aromatic N) is 2. The highest BCUT2D eigenvalue weighted by atomic mass is 16.6. The molecule has 12 heavy (non-hydrogen) atoms. The van der Waals surface area contributed by atoms with E-state index in [1.165, 1.54) is 6.20 Å². The molecule has 0 aliphatic heterocycles. The van der Waals surface area contributed by atoms with Crippen molar-refractivity contribution in [2.24, 2.45) is 5.73 Å². The first kappa shape index (κ1) is 8.41. The van der Waals surface area contributed by atoms with Crippen molar-refractivity contribution < 1.29 is 4.92 Å². The molecule has 0 atom stereocenters. The Bertz CT molecular complexity index is 317. The van der Waals surface area contributed by atoms with Crippen LogP contribution in [0.25, 0.3) is 5.57 Å². The zero-order valence-corrected chi connectivity index (χ0v) is 6.28. The molecular formula is C6H8N4O2. The van der Waals surface area contributed by atoms with E-state index in [1.807, 2.05) is 0 Å². The van der Waals surface area contributed by atoms with Crippen LogP contribution in [0.1, 0.15) is 5.56 Å². The first-order valence-electron chi connectivity index (χ1n) is 3.22. The van der Waals surface area contributed by atoms with Crippen LogP contribution in [-0.2, 0) is 0 Å². The number of aromatic amines is 1. The van der Waals surface area contributed by atoms with E-state index in [0.717, 1.165) is 0 Å². The lowest BCUT2D eigenvalue weighted by molar-refractivity contribution is -0.389. The van der Waals surface area contributed by atoms with Gasteiger partial charge in [-0.25, -0.2) is 0 Å². The molecule has 0 saturated carbocycles. The summed E-state index contributed by atoms with van der Waals surface area (Å²) in [7, 11) is 0. The highest BCUT2D eigenvalue weighted by Crippen LogP contribution is 2.20. The fourth-order valence-electron chi connectivity index (χ4n) is 0.787. The average Bonchev–Trinajstić information content (AvgIpc) is 2.50. The third-order valence-electron chi connectivity index (χ3n) is 1.43. The van der Waals surface area contributed by atoms with Crippen LogP contribution in [0.4, 0.5) is 5.82 Å². The van der Waals surface area contributed by atoms with E-state index >= 15 is 0 Å². The molecule has 0 bridgehead atoms. The Hall–Kier alpha value is -1.69. The average molecular weight is 168 g/mol. The summed E-state index contributed by atoms with van der Waals surface area (Å²) in [6.45, 7) is 3.75. The molecule has 0 spiro atoms. The lowest BCUT2D eigenvalue weighted by atomic mass is 10.1. The molecule has 3 N–H and O–H groups in total. The van der Waals surface area contributed by atoms with E-state index < -0.39 is 4.92 Å². The van der Waals surface area contributed by atoms with Gasteiger partial charge in [0.2, 0.25) is 0 Å². The van der Waals surface area contributed by atoms with E-state index in [2.05, 4.69) is 16.8 Å². The van der Waals surface area contributed by atoms with Gasteiger partial charge in [-0.15, -0.1) is 5.10 Å². The minimum Gasteiger partial charge on any atom is -0.358 e. The molecule has 1 aromatic heterocycles. The van der Waals surface area contributed by atoms with Crippen molar-refractivity contribution in [3.8, 4) is 0 Å². The maximum atomic E-state index is 10.4. The van der Waals surface area contributed by atoms with Gasteiger partial charge >= 0.3 is 5.82 Å². The Kier molecular flexibility index (Phi) is 2.20. The monoisotopic (exact) mass is 168 g/mol. The highest BCUT2D eigenvalue weighted by molar-refractivity contribution is 5.69. The Morgan fingerprint density at radius 2 is 2.58 bits per heavy atom. The SMILES string of the molecule is C=C(CN)c1cn[nH]c1[N+](=O)[O-]. The van der Waals surface area contributed by atoms with Crippen molar-refractivity contribution in [1.82, 2.24) is 10.2 Å². The highest BCUT2D eigenvalue weighted by Gasteiger charge is 2.15. The quantitative estimate of drug-likeness (QED) is 0.500. The van der Waals surface area contributed by atoms with Gasteiger partial charge in [0.25, 0.3) is 0 Å². The van der Waals surface area contributed by atoms with Crippen LogP contribution in [0.3, 0.4) is 0 Å². The molecule has 0 aliphatic rings. The molecule has 64 valence electrons. The number of nitro groups is 1. The first-order chi connectivity index (χ1) is 5.66.